The van der Waals surface area contributed by atoms with Gasteiger partial charge in [0.2, 0.25) is 0 Å². The molecule has 0 amide bonds. The molecule has 100 valence electrons. The molecule has 0 saturated heterocycles. The van der Waals surface area contributed by atoms with Crippen molar-refractivity contribution in [2.75, 3.05) is 19.0 Å². The van der Waals surface area contributed by atoms with Crippen molar-refractivity contribution in [1.82, 2.24) is 0 Å². The second kappa shape index (κ2) is 5.85. The van der Waals surface area contributed by atoms with E-state index in [-0.39, 0.29) is 11.2 Å². The number of nitrogens with one attached hydrogen (secondary N) is 1. The van der Waals surface area contributed by atoms with Gasteiger partial charge in [-0.1, -0.05) is 20.8 Å². The van der Waals surface area contributed by atoms with Gasteiger partial charge in [-0.2, -0.15) is 0 Å². The molecule has 0 radical (unpaired) electrons. The molecule has 0 bridgehead atoms. The predicted molar refractivity (Wildman–Crippen MR) is 70.3 cm³/mol. The SMILES string of the molecule is COC(=O)c1ccc(F)c(NCCC(C)(C)C)c1. The van der Waals surface area contributed by atoms with E-state index in [1.54, 1.807) is 0 Å². The number of anilines is 1. The Morgan fingerprint density at radius 2 is 2.06 bits per heavy atom. The lowest BCUT2D eigenvalue weighted by Crippen LogP contribution is -2.14. The van der Waals surface area contributed by atoms with Crippen molar-refractivity contribution in [3.8, 4) is 0 Å². The molecular weight excluding hydrogens is 233 g/mol. The van der Waals surface area contributed by atoms with Gasteiger partial charge in [0.1, 0.15) is 5.82 Å². The smallest absolute Gasteiger partial charge is 0.337 e. The maximum Gasteiger partial charge on any atom is 0.337 e. The third kappa shape index (κ3) is 4.35. The molecule has 0 unspecified atom stereocenters. The molecule has 0 aliphatic rings. The Hall–Kier alpha value is -1.58. The molecule has 0 aliphatic carbocycles. The maximum atomic E-state index is 13.5. The number of carbonyl (C=O) groups excluding carboxylic acids is 1. The highest BCUT2D eigenvalue weighted by atomic mass is 19.1. The summed E-state index contributed by atoms with van der Waals surface area (Å²) in [6.07, 6.45) is 0.912. The number of hydrogen-bond acceptors (Lipinski definition) is 3. The van der Waals surface area contributed by atoms with Crippen LogP contribution >= 0.6 is 0 Å². The molecular formula is C14H20FNO2. The third-order valence-corrected chi connectivity index (χ3v) is 2.58. The van der Waals surface area contributed by atoms with E-state index in [2.05, 4.69) is 30.8 Å². The van der Waals surface area contributed by atoms with Crippen molar-refractivity contribution < 1.29 is 13.9 Å². The zero-order chi connectivity index (χ0) is 13.8. The van der Waals surface area contributed by atoms with Gasteiger partial charge in [0.15, 0.2) is 0 Å². The zero-order valence-electron chi connectivity index (χ0n) is 11.3. The van der Waals surface area contributed by atoms with E-state index in [1.165, 1.54) is 25.3 Å². The Kier molecular flexibility index (Phi) is 4.70. The minimum Gasteiger partial charge on any atom is -0.465 e. The Bertz CT molecular complexity index is 424. The van der Waals surface area contributed by atoms with E-state index >= 15 is 0 Å². The highest BCUT2D eigenvalue weighted by Gasteiger charge is 2.12. The molecule has 0 spiro atoms. The largest absolute Gasteiger partial charge is 0.465 e. The summed E-state index contributed by atoms with van der Waals surface area (Å²) in [4.78, 5) is 11.3. The molecule has 0 aliphatic heterocycles. The summed E-state index contributed by atoms with van der Waals surface area (Å²) >= 11 is 0. The maximum absolute atomic E-state index is 13.5. The fourth-order valence-corrected chi connectivity index (χ4v) is 1.48. The van der Waals surface area contributed by atoms with Crippen LogP contribution in [0, 0.1) is 11.2 Å². The van der Waals surface area contributed by atoms with Crippen molar-refractivity contribution in [2.45, 2.75) is 27.2 Å². The molecule has 4 heteroatoms. The van der Waals surface area contributed by atoms with Crippen LogP contribution in [0.4, 0.5) is 10.1 Å². The summed E-state index contributed by atoms with van der Waals surface area (Å²) < 4.78 is 18.1. The van der Waals surface area contributed by atoms with Crippen LogP contribution in [0.1, 0.15) is 37.6 Å². The average molecular weight is 253 g/mol. The third-order valence-electron chi connectivity index (χ3n) is 2.58. The van der Waals surface area contributed by atoms with E-state index < -0.39 is 5.97 Å². The highest BCUT2D eigenvalue weighted by molar-refractivity contribution is 5.90. The standard InChI is InChI=1S/C14H20FNO2/c1-14(2,3)7-8-16-12-9-10(13(17)18-4)5-6-11(12)15/h5-6,9,16H,7-8H2,1-4H3. The van der Waals surface area contributed by atoms with E-state index in [1.807, 2.05) is 0 Å². The molecule has 0 atom stereocenters. The lowest BCUT2D eigenvalue weighted by molar-refractivity contribution is 0.0600. The van der Waals surface area contributed by atoms with Gasteiger partial charge in [-0.15, -0.1) is 0 Å². The van der Waals surface area contributed by atoms with Crippen molar-refractivity contribution in [3.05, 3.63) is 29.6 Å². The summed E-state index contributed by atoms with van der Waals surface area (Å²) in [7, 11) is 1.30. The molecule has 0 heterocycles. The van der Waals surface area contributed by atoms with Crippen LogP contribution in [0.2, 0.25) is 0 Å². The van der Waals surface area contributed by atoms with Crippen molar-refractivity contribution in [3.63, 3.8) is 0 Å². The summed E-state index contributed by atoms with van der Waals surface area (Å²) in [6.45, 7) is 7.02. The molecule has 1 aromatic rings. The first-order valence-corrected chi connectivity index (χ1v) is 5.95. The first-order valence-electron chi connectivity index (χ1n) is 5.95. The van der Waals surface area contributed by atoms with E-state index in [0.29, 0.717) is 17.8 Å². The second-order valence-corrected chi connectivity index (χ2v) is 5.42. The van der Waals surface area contributed by atoms with Crippen molar-refractivity contribution in [1.29, 1.82) is 0 Å². The van der Waals surface area contributed by atoms with E-state index in [4.69, 9.17) is 0 Å². The summed E-state index contributed by atoms with van der Waals surface area (Å²) in [5.74, 6) is -0.828. The number of methoxy groups -OCH3 is 1. The van der Waals surface area contributed by atoms with Gasteiger partial charge in [-0.05, 0) is 30.0 Å². The first-order chi connectivity index (χ1) is 8.33. The molecule has 0 saturated carbocycles. The van der Waals surface area contributed by atoms with Crippen LogP contribution in [-0.2, 0) is 4.74 Å². The van der Waals surface area contributed by atoms with Gasteiger partial charge in [-0.3, -0.25) is 0 Å². The van der Waals surface area contributed by atoms with Gasteiger partial charge in [0.25, 0.3) is 0 Å². The Balaban J connectivity index is 2.73. The quantitative estimate of drug-likeness (QED) is 0.835. The minimum absolute atomic E-state index is 0.184. The number of halogens is 1. The zero-order valence-corrected chi connectivity index (χ0v) is 11.3. The summed E-state index contributed by atoms with van der Waals surface area (Å²) in [5, 5.41) is 3.01. The van der Waals surface area contributed by atoms with Gasteiger partial charge < -0.3 is 10.1 Å². The average Bonchev–Trinajstić information content (AvgIpc) is 2.29. The fourth-order valence-electron chi connectivity index (χ4n) is 1.48. The van der Waals surface area contributed by atoms with Crippen LogP contribution in [0.25, 0.3) is 0 Å². The summed E-state index contributed by atoms with van der Waals surface area (Å²) in [6, 6.07) is 4.16. The molecule has 3 nitrogen and oxygen atoms in total. The van der Waals surface area contributed by atoms with Crippen LogP contribution in [0.15, 0.2) is 18.2 Å². The van der Waals surface area contributed by atoms with Crippen molar-refractivity contribution in [2.24, 2.45) is 5.41 Å². The Morgan fingerprint density at radius 3 is 2.61 bits per heavy atom. The number of rotatable bonds is 4. The van der Waals surface area contributed by atoms with Crippen molar-refractivity contribution >= 4 is 11.7 Å². The molecule has 18 heavy (non-hydrogen) atoms. The van der Waals surface area contributed by atoms with E-state index in [9.17, 15) is 9.18 Å². The molecule has 0 aromatic heterocycles. The normalized spacial score (nSPS) is 11.2. The topological polar surface area (TPSA) is 38.3 Å². The van der Waals surface area contributed by atoms with Crippen LogP contribution in [0.3, 0.4) is 0 Å². The number of esters is 1. The number of hydrogen-bond donors (Lipinski definition) is 1. The predicted octanol–water partition coefficient (Wildman–Crippen LogP) is 3.46. The van der Waals surface area contributed by atoms with Gasteiger partial charge in [0, 0.05) is 6.54 Å². The molecule has 1 N–H and O–H groups in total. The van der Waals surface area contributed by atoms with Crippen LogP contribution < -0.4 is 5.32 Å². The highest BCUT2D eigenvalue weighted by Crippen LogP contribution is 2.20. The molecule has 0 fully saturated rings. The number of ether oxygens (including phenoxy) is 1. The van der Waals surface area contributed by atoms with Gasteiger partial charge in [0.05, 0.1) is 18.4 Å². The second-order valence-electron chi connectivity index (χ2n) is 5.42. The first kappa shape index (κ1) is 14.5. The van der Waals surface area contributed by atoms with Gasteiger partial charge >= 0.3 is 5.97 Å². The minimum atomic E-state index is -0.464. The number of carbonyl (C=O) groups is 1. The Morgan fingerprint density at radius 1 is 1.39 bits per heavy atom. The molecule has 1 rings (SSSR count). The fraction of sp³-hybridized carbons (Fsp3) is 0.500. The molecule has 1 aromatic carbocycles. The Labute approximate surface area is 107 Å². The van der Waals surface area contributed by atoms with E-state index in [0.717, 1.165) is 6.42 Å². The monoisotopic (exact) mass is 253 g/mol. The lowest BCUT2D eigenvalue weighted by atomic mass is 9.92. The van der Waals surface area contributed by atoms with Crippen LogP contribution in [0.5, 0.6) is 0 Å². The lowest BCUT2D eigenvalue weighted by Gasteiger charge is -2.18. The van der Waals surface area contributed by atoms with Crippen LogP contribution in [-0.4, -0.2) is 19.6 Å². The summed E-state index contributed by atoms with van der Waals surface area (Å²) in [5.41, 5.74) is 0.864. The van der Waals surface area contributed by atoms with Gasteiger partial charge in [-0.25, -0.2) is 9.18 Å². The number of benzene rings is 1.